The molecule has 110 heavy (non-hydrogen) atoms. The average molecular weight is 1590 g/mol. The van der Waals surface area contributed by atoms with Crippen LogP contribution in [0.3, 0.4) is 0 Å². The maximum absolute atomic E-state index is 15.7. The van der Waals surface area contributed by atoms with E-state index in [1.54, 1.807) is 13.0 Å². The molecular formula is C90H120O16S4. The van der Waals surface area contributed by atoms with Crippen molar-refractivity contribution in [3.8, 4) is 17.2 Å². The first kappa shape index (κ1) is 84.6. The fourth-order valence-electron chi connectivity index (χ4n) is 19.3. The highest BCUT2D eigenvalue weighted by Crippen LogP contribution is 2.54. The zero-order valence-electron chi connectivity index (χ0n) is 67.3. The van der Waals surface area contributed by atoms with Crippen LogP contribution in [0.1, 0.15) is 402 Å². The molecule has 0 heterocycles. The predicted octanol–water partition coefficient (Wildman–Crippen LogP) is 23.4. The van der Waals surface area contributed by atoms with Crippen molar-refractivity contribution in [1.29, 1.82) is 0 Å². The zero-order chi connectivity index (χ0) is 79.9. The third kappa shape index (κ3) is 19.1. The molecule has 6 aromatic carbocycles. The molecule has 0 radical (unpaired) electrons. The molecule has 3 N–H and O–H groups in total. The van der Waals surface area contributed by atoms with Gasteiger partial charge < -0.3 is 13.7 Å². The Bertz CT molecular complexity index is 4800. The van der Waals surface area contributed by atoms with Crippen molar-refractivity contribution in [3.63, 3.8) is 0 Å². The Kier molecular flexibility index (Phi) is 26.5. The van der Waals surface area contributed by atoms with Crippen molar-refractivity contribution in [3.05, 3.63) is 168 Å². The van der Waals surface area contributed by atoms with Gasteiger partial charge >= 0.3 is 22.1 Å². The minimum atomic E-state index is -4.89. The minimum absolute atomic E-state index is 0.00145. The van der Waals surface area contributed by atoms with E-state index < -0.39 is 57.8 Å². The molecule has 6 aromatic rings. The van der Waals surface area contributed by atoms with Gasteiger partial charge in [0.15, 0.2) is 0 Å². The first-order chi connectivity index (χ1) is 51.7. The summed E-state index contributed by atoms with van der Waals surface area (Å²) in [5.74, 6) is -1.36. The van der Waals surface area contributed by atoms with Gasteiger partial charge in [0.1, 0.15) is 22.1 Å². The Hall–Kier alpha value is -6.26. The number of hydrogen-bond acceptors (Lipinski definition) is 13. The molecule has 3 atom stereocenters. The third-order valence-corrected chi connectivity index (χ3v) is 29.6. The first-order valence-corrected chi connectivity index (χ1v) is 46.7. The van der Waals surface area contributed by atoms with E-state index in [-0.39, 0.29) is 114 Å². The monoisotopic (exact) mass is 1580 g/mol. The van der Waals surface area contributed by atoms with Gasteiger partial charge in [-0.1, -0.05) is 197 Å². The lowest BCUT2D eigenvalue weighted by Gasteiger charge is -2.41. The standard InChI is InChI=1S/C90H120O16S4/c1-53(2)66-44-73(55(5)6)84(74(45-66)56(7)8)89(92)105-86-77(62-28-20-16-21-29-62)50-72(108(96,97)98)51-78(86)64-33-35-69(36-34-64)90(13,14)81-52-82(59(12)42-83(81)109(99,100)101)104-88(91)85-75(57(9)10)46-67(54(3)4)47-76(85)58(11)41-60-25-24-32-65(43-60)80-49-68(61-26-18-15-19-27-61)48-79(63-30-22-17-23-31-63)87(80)110(102,103)106-70-37-39-71(40-38-70)107(93,94)95/h37-40,42,44-58,60-65,69H,15-36,41,43H2,1-14H3,(H,93,94,95)(H,96,97,98)(H,99,100,101). The second kappa shape index (κ2) is 34.4. The van der Waals surface area contributed by atoms with E-state index in [4.69, 9.17) is 13.7 Å². The van der Waals surface area contributed by atoms with Crippen LogP contribution in [0.5, 0.6) is 17.2 Å². The smallest absolute Gasteiger partial charge is 0.344 e. The van der Waals surface area contributed by atoms with Gasteiger partial charge in [-0.15, -0.1) is 0 Å². The summed E-state index contributed by atoms with van der Waals surface area (Å²) in [5.41, 5.74) is 9.88. The fourth-order valence-corrected chi connectivity index (χ4v) is 22.7. The Morgan fingerprint density at radius 3 is 1.35 bits per heavy atom. The summed E-state index contributed by atoms with van der Waals surface area (Å²) in [4.78, 5) is 30.2. The van der Waals surface area contributed by atoms with E-state index in [9.17, 15) is 38.9 Å². The highest BCUT2D eigenvalue weighted by Gasteiger charge is 2.43. The summed E-state index contributed by atoms with van der Waals surface area (Å²) in [6.45, 7) is 28.5. The number of hydrogen-bond donors (Lipinski definition) is 3. The van der Waals surface area contributed by atoms with Crippen molar-refractivity contribution < 1.29 is 70.6 Å². The van der Waals surface area contributed by atoms with Crippen LogP contribution in [0.15, 0.2) is 105 Å². The molecule has 0 aliphatic heterocycles. The number of carbonyl (C=O) groups is 2. The Morgan fingerprint density at radius 1 is 0.445 bits per heavy atom. The van der Waals surface area contributed by atoms with Gasteiger partial charge in [-0.2, -0.15) is 33.7 Å². The number of ether oxygens (including phenoxy) is 2. The van der Waals surface area contributed by atoms with Crippen molar-refractivity contribution in [1.82, 2.24) is 0 Å². The van der Waals surface area contributed by atoms with E-state index in [1.165, 1.54) is 35.9 Å². The van der Waals surface area contributed by atoms with Crippen molar-refractivity contribution in [2.75, 3.05) is 0 Å². The van der Waals surface area contributed by atoms with Crippen molar-refractivity contribution in [2.24, 2.45) is 11.8 Å². The average Bonchev–Trinajstić information content (AvgIpc) is 0.732. The SMILES string of the molecule is Cc1cc(S(=O)(=O)O)c(C(C)(C)C2CCC(c3cc(S(=O)(=O)O)cc(C4CCCCC4)c3OC(=O)c3c(C(C)C)cc(C(C)C)cc3C(C)C)CC2)cc1OC(=O)c1c(C(C)C)cc(C(C)C)cc1C(C)CC1CCCC(c2cc(C3CCCCC3)cc(C3CCCCC3)c2S(=O)(=O)Oc2ccc(S(=O)(=O)O)cc2)C1. The number of aryl methyl sites for hydroxylation is 1. The molecule has 11 rings (SSSR count). The summed E-state index contributed by atoms with van der Waals surface area (Å²) in [6.07, 6.45) is 20.2. The van der Waals surface area contributed by atoms with Crippen LogP contribution in [-0.4, -0.2) is 59.3 Å². The molecular weight excluding hydrogens is 1470 g/mol. The quantitative estimate of drug-likeness (QED) is 0.0208. The summed E-state index contributed by atoms with van der Waals surface area (Å²) in [7, 11) is -18.7. The largest absolute Gasteiger partial charge is 0.423 e. The maximum atomic E-state index is 15.7. The zero-order valence-corrected chi connectivity index (χ0v) is 70.6. The second-order valence-corrected chi connectivity index (χ2v) is 41.1. The lowest BCUT2D eigenvalue weighted by atomic mass is 9.64. The number of carbonyl (C=O) groups excluding carboxylic acids is 2. The normalized spacial score (nSPS) is 20.2. The molecule has 0 amide bonds. The van der Waals surface area contributed by atoms with Gasteiger partial charge in [0.2, 0.25) is 0 Å². The van der Waals surface area contributed by atoms with E-state index in [0.717, 1.165) is 172 Å². The van der Waals surface area contributed by atoms with E-state index >= 15 is 18.0 Å². The molecule has 0 bridgehead atoms. The molecule has 600 valence electrons. The highest BCUT2D eigenvalue weighted by molar-refractivity contribution is 7.87. The van der Waals surface area contributed by atoms with Gasteiger partial charge in [-0.25, -0.2) is 9.59 Å². The van der Waals surface area contributed by atoms with Gasteiger partial charge in [0.25, 0.3) is 30.4 Å². The predicted molar refractivity (Wildman–Crippen MR) is 434 cm³/mol. The lowest BCUT2D eigenvalue weighted by Crippen LogP contribution is -2.33. The van der Waals surface area contributed by atoms with E-state index in [2.05, 4.69) is 113 Å². The van der Waals surface area contributed by atoms with E-state index in [1.807, 2.05) is 13.8 Å². The van der Waals surface area contributed by atoms with Gasteiger partial charge in [0, 0.05) is 0 Å². The Balaban J connectivity index is 0.911. The van der Waals surface area contributed by atoms with Crippen molar-refractivity contribution in [2.45, 2.75) is 341 Å². The van der Waals surface area contributed by atoms with Gasteiger partial charge in [-0.05, 0) is 294 Å². The molecule has 16 nitrogen and oxygen atoms in total. The van der Waals surface area contributed by atoms with Crippen LogP contribution in [0.25, 0.3) is 0 Å². The Labute approximate surface area is 657 Å². The highest BCUT2D eigenvalue weighted by atomic mass is 32.2. The summed E-state index contributed by atoms with van der Waals surface area (Å²) < 4.78 is 160. The lowest BCUT2D eigenvalue weighted by molar-refractivity contribution is 0.0717. The molecule has 0 saturated heterocycles. The molecule has 0 spiro atoms. The van der Waals surface area contributed by atoms with Crippen LogP contribution < -0.4 is 13.7 Å². The van der Waals surface area contributed by atoms with Crippen LogP contribution in [0.2, 0.25) is 0 Å². The molecule has 5 aliphatic carbocycles. The second-order valence-electron chi connectivity index (χ2n) is 35.3. The maximum Gasteiger partial charge on any atom is 0.344 e. The van der Waals surface area contributed by atoms with Crippen LogP contribution in [0, 0.1) is 18.8 Å². The molecule has 5 aliphatic rings. The first-order valence-electron chi connectivity index (χ1n) is 41.0. The number of benzene rings is 6. The van der Waals surface area contributed by atoms with Crippen LogP contribution in [-0.2, 0) is 45.9 Å². The van der Waals surface area contributed by atoms with Gasteiger partial charge in [-0.3, -0.25) is 13.7 Å². The minimum Gasteiger partial charge on any atom is -0.423 e. The summed E-state index contributed by atoms with van der Waals surface area (Å²) in [6, 6.07) is 23.5. The fraction of sp³-hybridized carbons (Fsp3) is 0.578. The number of rotatable bonds is 25. The molecule has 5 fully saturated rings. The topological polar surface area (TPSA) is 259 Å². The van der Waals surface area contributed by atoms with Crippen molar-refractivity contribution >= 4 is 52.4 Å². The molecule has 20 heteroatoms. The summed E-state index contributed by atoms with van der Waals surface area (Å²) in [5, 5.41) is 0. The van der Waals surface area contributed by atoms with Gasteiger partial charge in [0.05, 0.1) is 25.8 Å². The van der Waals surface area contributed by atoms with E-state index in [0.29, 0.717) is 72.1 Å². The van der Waals surface area contributed by atoms with Crippen LogP contribution >= 0.6 is 0 Å². The molecule has 0 aromatic heterocycles. The van der Waals surface area contributed by atoms with Crippen LogP contribution in [0.4, 0.5) is 0 Å². The molecule has 3 unspecified atom stereocenters. The Morgan fingerprint density at radius 2 is 0.882 bits per heavy atom. The third-order valence-electron chi connectivity index (χ3n) is 25.7. The molecule has 5 saturated carbocycles. The summed E-state index contributed by atoms with van der Waals surface area (Å²) >= 11 is 0. The number of esters is 2.